The maximum absolute atomic E-state index is 13.6. The number of nitro groups is 1. The Bertz CT molecular complexity index is 578. The number of aliphatic carboxylic acids is 1. The van der Waals surface area contributed by atoms with Crippen molar-refractivity contribution in [2.75, 3.05) is 18.1 Å². The molecule has 0 radical (unpaired) electrons. The molecule has 1 aromatic rings. The molecule has 0 amide bonds. The van der Waals surface area contributed by atoms with Gasteiger partial charge in [-0.3, -0.25) is 14.9 Å². The van der Waals surface area contributed by atoms with Gasteiger partial charge in [0, 0.05) is 18.7 Å². The molecule has 1 aliphatic rings. The fourth-order valence-electron chi connectivity index (χ4n) is 2.40. The first-order valence-electron chi connectivity index (χ1n) is 6.53. The number of hydrogen-bond acceptors (Lipinski definition) is 5. The van der Waals surface area contributed by atoms with E-state index in [4.69, 9.17) is 9.84 Å². The molecule has 0 aliphatic carbocycles. The van der Waals surface area contributed by atoms with Crippen LogP contribution in [0.3, 0.4) is 0 Å². The van der Waals surface area contributed by atoms with Crippen LogP contribution in [-0.4, -0.2) is 35.2 Å². The van der Waals surface area contributed by atoms with Crippen LogP contribution in [0.2, 0.25) is 0 Å². The van der Waals surface area contributed by atoms with Gasteiger partial charge in [-0.25, -0.2) is 0 Å². The Morgan fingerprint density at radius 3 is 2.90 bits per heavy atom. The summed E-state index contributed by atoms with van der Waals surface area (Å²) in [4.78, 5) is 22.7. The Hall–Kier alpha value is -2.38. The molecule has 114 valence electrons. The highest BCUT2D eigenvalue weighted by Crippen LogP contribution is 2.39. The van der Waals surface area contributed by atoms with Gasteiger partial charge in [-0.2, -0.15) is 4.39 Å². The highest BCUT2D eigenvalue weighted by Gasteiger charge is 2.32. The zero-order valence-corrected chi connectivity index (χ0v) is 11.4. The van der Waals surface area contributed by atoms with Gasteiger partial charge in [0.2, 0.25) is 5.82 Å². The van der Waals surface area contributed by atoms with Gasteiger partial charge in [-0.05, 0) is 6.42 Å². The van der Waals surface area contributed by atoms with E-state index in [0.717, 1.165) is 18.6 Å². The van der Waals surface area contributed by atoms with Crippen molar-refractivity contribution >= 4 is 17.3 Å². The van der Waals surface area contributed by atoms with Gasteiger partial charge in [0.25, 0.3) is 0 Å². The van der Waals surface area contributed by atoms with Crippen molar-refractivity contribution < 1.29 is 24.0 Å². The summed E-state index contributed by atoms with van der Waals surface area (Å²) in [5.74, 6) is -1.75. The molecule has 0 bridgehead atoms. The largest absolute Gasteiger partial charge is 0.489 e. The molecule has 1 aliphatic heterocycles. The number of halogens is 1. The SMILES string of the molecule is CCCN1c2cc([N+](=O)[O-])c(F)cc2OCC1CC(=O)O. The standard InChI is InChI=1S/C13H15FN2O5/c1-2-3-15-8(4-13(17)18)7-21-12-5-9(14)10(16(19)20)6-11(12)15/h5-6,8H,2-4,7H2,1H3,(H,17,18). The lowest BCUT2D eigenvalue weighted by Gasteiger charge is -2.37. The Morgan fingerprint density at radius 1 is 1.62 bits per heavy atom. The van der Waals surface area contributed by atoms with Crippen LogP contribution in [0.4, 0.5) is 15.8 Å². The molecule has 1 heterocycles. The summed E-state index contributed by atoms with van der Waals surface area (Å²) in [5.41, 5.74) is -0.281. The van der Waals surface area contributed by atoms with Crippen LogP contribution in [0.25, 0.3) is 0 Å². The van der Waals surface area contributed by atoms with Gasteiger partial charge in [0.1, 0.15) is 12.4 Å². The van der Waals surface area contributed by atoms with E-state index >= 15 is 0 Å². The topological polar surface area (TPSA) is 92.9 Å². The van der Waals surface area contributed by atoms with E-state index in [2.05, 4.69) is 0 Å². The van der Waals surface area contributed by atoms with Crippen LogP contribution in [-0.2, 0) is 4.79 Å². The summed E-state index contributed by atoms with van der Waals surface area (Å²) < 4.78 is 19.0. The van der Waals surface area contributed by atoms with Crippen molar-refractivity contribution in [1.82, 2.24) is 0 Å². The number of rotatable bonds is 5. The molecule has 1 aromatic carbocycles. The van der Waals surface area contributed by atoms with Crippen LogP contribution >= 0.6 is 0 Å². The molecule has 0 fully saturated rings. The average Bonchev–Trinajstić information content (AvgIpc) is 2.40. The summed E-state index contributed by atoms with van der Waals surface area (Å²) in [6, 6.07) is 1.65. The van der Waals surface area contributed by atoms with Gasteiger partial charge in [-0.1, -0.05) is 6.92 Å². The fourth-order valence-corrected chi connectivity index (χ4v) is 2.40. The van der Waals surface area contributed by atoms with E-state index < -0.39 is 28.4 Å². The quantitative estimate of drug-likeness (QED) is 0.661. The molecule has 1 unspecified atom stereocenters. The second-order valence-electron chi connectivity index (χ2n) is 4.78. The molecule has 2 rings (SSSR count). The van der Waals surface area contributed by atoms with E-state index in [1.165, 1.54) is 0 Å². The predicted octanol–water partition coefficient (Wildman–Crippen LogP) is 2.19. The number of nitro benzene ring substituents is 1. The zero-order valence-electron chi connectivity index (χ0n) is 11.4. The molecular weight excluding hydrogens is 283 g/mol. The number of ether oxygens (including phenoxy) is 1. The number of nitrogens with zero attached hydrogens (tertiary/aromatic N) is 2. The third kappa shape index (κ3) is 3.04. The van der Waals surface area contributed by atoms with Crippen LogP contribution in [0.5, 0.6) is 5.75 Å². The zero-order chi connectivity index (χ0) is 15.6. The number of hydrogen-bond donors (Lipinski definition) is 1. The Balaban J connectivity index is 2.44. The van der Waals surface area contributed by atoms with Gasteiger partial charge >= 0.3 is 11.7 Å². The van der Waals surface area contributed by atoms with Crippen molar-refractivity contribution in [3.05, 3.63) is 28.1 Å². The van der Waals surface area contributed by atoms with Crippen LogP contribution in [0.1, 0.15) is 19.8 Å². The summed E-state index contributed by atoms with van der Waals surface area (Å²) >= 11 is 0. The normalized spacial score (nSPS) is 17.0. The van der Waals surface area contributed by atoms with Crippen molar-refractivity contribution in [1.29, 1.82) is 0 Å². The summed E-state index contributed by atoms with van der Waals surface area (Å²) in [6.07, 6.45) is 0.575. The van der Waals surface area contributed by atoms with Crippen molar-refractivity contribution in [3.8, 4) is 5.75 Å². The summed E-state index contributed by atoms with van der Waals surface area (Å²) in [7, 11) is 0. The number of carboxylic acids is 1. The third-order valence-corrected chi connectivity index (χ3v) is 3.28. The van der Waals surface area contributed by atoms with Crippen molar-refractivity contribution in [3.63, 3.8) is 0 Å². The fraction of sp³-hybridized carbons (Fsp3) is 0.462. The molecule has 0 saturated carbocycles. The van der Waals surface area contributed by atoms with Crippen LogP contribution < -0.4 is 9.64 Å². The third-order valence-electron chi connectivity index (χ3n) is 3.28. The number of benzene rings is 1. The molecule has 8 heteroatoms. The highest BCUT2D eigenvalue weighted by molar-refractivity contribution is 5.71. The number of carboxylic acid groups (broad SMARTS) is 1. The lowest BCUT2D eigenvalue weighted by Crippen LogP contribution is -2.44. The Morgan fingerprint density at radius 2 is 2.33 bits per heavy atom. The summed E-state index contributed by atoms with van der Waals surface area (Å²) in [5, 5.41) is 19.8. The minimum Gasteiger partial charge on any atom is -0.489 e. The van der Waals surface area contributed by atoms with E-state index in [0.29, 0.717) is 12.2 Å². The highest BCUT2D eigenvalue weighted by atomic mass is 19.1. The second kappa shape index (κ2) is 5.94. The van der Waals surface area contributed by atoms with E-state index in [1.807, 2.05) is 6.92 Å². The first kappa shape index (κ1) is 15.0. The number of anilines is 1. The first-order valence-corrected chi connectivity index (χ1v) is 6.53. The molecule has 0 spiro atoms. The predicted molar refractivity (Wildman–Crippen MR) is 72.2 cm³/mol. The minimum absolute atomic E-state index is 0.108. The van der Waals surface area contributed by atoms with Gasteiger partial charge < -0.3 is 14.7 Å². The maximum Gasteiger partial charge on any atom is 0.307 e. The number of carbonyl (C=O) groups is 1. The maximum atomic E-state index is 13.6. The summed E-state index contributed by atoms with van der Waals surface area (Å²) in [6.45, 7) is 2.53. The molecular formula is C13H15FN2O5. The molecule has 1 N–H and O–H groups in total. The van der Waals surface area contributed by atoms with E-state index in [-0.39, 0.29) is 18.8 Å². The Kier molecular flexibility index (Phi) is 4.25. The average molecular weight is 298 g/mol. The smallest absolute Gasteiger partial charge is 0.307 e. The van der Waals surface area contributed by atoms with Gasteiger partial charge in [0.05, 0.1) is 23.1 Å². The van der Waals surface area contributed by atoms with Crippen LogP contribution in [0, 0.1) is 15.9 Å². The Labute approximate surface area is 120 Å². The molecule has 1 atom stereocenters. The first-order chi connectivity index (χ1) is 9.93. The van der Waals surface area contributed by atoms with Crippen molar-refractivity contribution in [2.24, 2.45) is 0 Å². The van der Waals surface area contributed by atoms with Crippen molar-refractivity contribution in [2.45, 2.75) is 25.8 Å². The van der Waals surface area contributed by atoms with E-state index in [1.54, 1.807) is 4.90 Å². The van der Waals surface area contributed by atoms with Gasteiger partial charge in [0.15, 0.2) is 0 Å². The molecule has 21 heavy (non-hydrogen) atoms. The second-order valence-corrected chi connectivity index (χ2v) is 4.78. The molecule has 7 nitrogen and oxygen atoms in total. The lowest BCUT2D eigenvalue weighted by atomic mass is 10.1. The van der Waals surface area contributed by atoms with Crippen LogP contribution in [0.15, 0.2) is 12.1 Å². The van der Waals surface area contributed by atoms with E-state index in [9.17, 15) is 19.3 Å². The minimum atomic E-state index is -0.982. The number of fused-ring (bicyclic) bond motifs is 1. The lowest BCUT2D eigenvalue weighted by molar-refractivity contribution is -0.387. The monoisotopic (exact) mass is 298 g/mol. The molecule has 0 aromatic heterocycles. The van der Waals surface area contributed by atoms with Gasteiger partial charge in [-0.15, -0.1) is 0 Å². The molecule has 0 saturated heterocycles.